The van der Waals surface area contributed by atoms with E-state index in [1.165, 1.54) is 0 Å². The van der Waals surface area contributed by atoms with Crippen molar-refractivity contribution in [3.8, 4) is 44.5 Å². The molecule has 0 radical (unpaired) electrons. The van der Waals surface area contributed by atoms with Crippen LogP contribution in [-0.2, 0) is 0 Å². The zero-order valence-electron chi connectivity index (χ0n) is 68.0. The molecule has 0 amide bonds. The molecule has 0 atom stereocenters. The van der Waals surface area contributed by atoms with Crippen LogP contribution >= 0.6 is 0 Å². The molecule has 0 aliphatic heterocycles. The molecular weight excluding hydrogens is 1070 g/mol. The van der Waals surface area contributed by atoms with Crippen molar-refractivity contribution in [3.63, 3.8) is 0 Å². The SMILES string of the molecule is [2H]c1c([2H])c([2H])c(-c2ccc3ccc(-c4c([2H])c([2H])c([2H])c([2H])c4[2H])c(N(c4ccc5ccc6c(N(c7c(-c8c([2H])c([2H])c([2H])c([2H])c8[2H])ccc8ccc(-c9c([2H])c([2H])c([2H])c([2H])c9[2H])cc78)c7cccc8c7oc7c([2H])cccc78)ccc7ccc4c5c76)c4cccc5c4oc4c([2H])cccc45)c3c2)c([2H])c1[2H]. The summed E-state index contributed by atoms with van der Waals surface area (Å²) in [6.45, 7) is 0. The highest BCUT2D eigenvalue weighted by Gasteiger charge is 2.30. The molecule has 2 aromatic heterocycles. The van der Waals surface area contributed by atoms with Crippen molar-refractivity contribution in [1.29, 1.82) is 0 Å². The van der Waals surface area contributed by atoms with Crippen LogP contribution in [0.4, 0.5) is 34.1 Å². The summed E-state index contributed by atoms with van der Waals surface area (Å²) in [5, 5.41) is 7.85. The van der Waals surface area contributed by atoms with Gasteiger partial charge in [-0.25, -0.2) is 0 Å². The molecule has 0 fully saturated rings. The first-order chi connectivity index (χ1) is 52.8. The molecule has 18 aromatic rings. The molecule has 0 saturated heterocycles. The molecule has 16 aromatic carbocycles. The lowest BCUT2D eigenvalue weighted by Gasteiger charge is -2.32. The van der Waals surface area contributed by atoms with Crippen LogP contribution in [0.25, 0.3) is 142 Å². The van der Waals surface area contributed by atoms with Crippen molar-refractivity contribution in [2.45, 2.75) is 0 Å². The van der Waals surface area contributed by atoms with Gasteiger partial charge in [0.15, 0.2) is 11.2 Å². The van der Waals surface area contributed by atoms with E-state index in [2.05, 4.69) is 0 Å². The summed E-state index contributed by atoms with van der Waals surface area (Å²) in [4.78, 5) is 3.74. The zero-order valence-corrected chi connectivity index (χ0v) is 46.0. The lowest BCUT2D eigenvalue weighted by Crippen LogP contribution is -2.14. The van der Waals surface area contributed by atoms with Gasteiger partial charge in [-0.2, -0.15) is 0 Å². The van der Waals surface area contributed by atoms with Crippen LogP contribution in [0, 0.1) is 0 Å². The molecule has 0 aliphatic rings. The Bertz CT molecular complexity index is 6630. The first kappa shape index (κ1) is 32.5. The molecule has 18 rings (SSSR count). The van der Waals surface area contributed by atoms with E-state index in [1.807, 2.05) is 94.7 Å². The lowest BCUT2D eigenvalue weighted by molar-refractivity contribution is 0.669. The van der Waals surface area contributed by atoms with Crippen LogP contribution in [-0.4, -0.2) is 0 Å². The van der Waals surface area contributed by atoms with Crippen LogP contribution in [0.15, 0.2) is 324 Å². The summed E-state index contributed by atoms with van der Waals surface area (Å²) in [6, 6.07) is 42.1. The number of para-hydroxylation sites is 4. The van der Waals surface area contributed by atoms with Gasteiger partial charge in [0.25, 0.3) is 0 Å². The topological polar surface area (TPSA) is 32.8 Å². The molecule has 0 bridgehead atoms. The molecule has 4 heteroatoms. The van der Waals surface area contributed by atoms with Crippen molar-refractivity contribution < 1.29 is 39.0 Å². The van der Waals surface area contributed by atoms with Gasteiger partial charge in [0, 0.05) is 54.2 Å². The fraction of sp³-hybridized carbons (Fsp3) is 0. The second-order valence-corrected chi connectivity index (χ2v) is 21.4. The van der Waals surface area contributed by atoms with E-state index in [0.29, 0.717) is 98.2 Å². The van der Waals surface area contributed by atoms with Gasteiger partial charge in [-0.15, -0.1) is 0 Å². The number of furan rings is 2. The summed E-state index contributed by atoms with van der Waals surface area (Å²) in [5.41, 5.74) is 2.89. The molecule has 410 valence electrons. The minimum atomic E-state index is -0.644. The number of fused-ring (bicyclic) bond motifs is 8. The average Bonchev–Trinajstić information content (AvgIpc) is 0.772. The Kier molecular flexibility index (Phi) is 7.38. The number of nitrogens with zero attached hydrogens (tertiary/aromatic N) is 2. The Hall–Kier alpha value is -11.7. The summed E-state index contributed by atoms with van der Waals surface area (Å²) in [6.07, 6.45) is 0. The molecule has 0 aliphatic carbocycles. The zero-order chi connectivity index (χ0) is 77.0. The Morgan fingerprint density at radius 3 is 1.06 bits per heavy atom. The Balaban J connectivity index is 1.00. The fourth-order valence-electron chi connectivity index (χ4n) is 12.9. The standard InChI is InChI=1S/C84H52N2O2/c1-5-19-53(20-6-1)61-37-35-57-39-45-63(55-23-9-3-10-24-55)81(71(57)51-61)85(75-31-17-29-67-65-27-13-15-33-77(65)87-83(67)75)73-49-43-59-42-48-70-74(50-44-60-41-47-69(73)79(59)80(60)70)86(76-32-18-30-68-66-28-14-16-34-78(66)88-84(68)76)82-64(56-25-11-4-12-26-56)46-40-58-36-38-62(52-72(58)82)54-21-7-2-8-22-54/h1-52H/i1D,2D,3D,4D,5D,6D,7D,8D,9D,10D,11D,12D,19D,20D,21D,22D,23D,24D,25D,26D,33D,34D. The third-order valence-corrected chi connectivity index (χ3v) is 16.7. The van der Waals surface area contributed by atoms with Crippen molar-refractivity contribution in [3.05, 3.63) is 315 Å². The lowest BCUT2D eigenvalue weighted by atomic mass is 9.90. The van der Waals surface area contributed by atoms with Gasteiger partial charge in [0.2, 0.25) is 0 Å². The first-order valence-corrected chi connectivity index (χ1v) is 28.3. The molecule has 4 nitrogen and oxygen atoms in total. The minimum absolute atomic E-state index is 0.0770. The van der Waals surface area contributed by atoms with Crippen molar-refractivity contribution >= 4 is 132 Å². The van der Waals surface area contributed by atoms with Gasteiger partial charge < -0.3 is 18.6 Å². The molecule has 0 N–H and O–H groups in total. The Morgan fingerprint density at radius 2 is 0.625 bits per heavy atom. The quantitative estimate of drug-likeness (QED) is 0.128. The number of anilines is 6. The van der Waals surface area contributed by atoms with Gasteiger partial charge in [-0.3, -0.25) is 0 Å². The predicted octanol–water partition coefficient (Wildman–Crippen LogP) is 24.3. The Morgan fingerprint density at radius 1 is 0.250 bits per heavy atom. The smallest absolute Gasteiger partial charge is 0.159 e. The summed E-state index contributed by atoms with van der Waals surface area (Å²) in [5.74, 6) is 0. The van der Waals surface area contributed by atoms with Gasteiger partial charge >= 0.3 is 0 Å². The van der Waals surface area contributed by atoms with Gasteiger partial charge in [0.05, 0.1) is 64.3 Å². The average molecular weight is 1140 g/mol. The van der Waals surface area contributed by atoms with E-state index in [4.69, 9.17) is 28.0 Å². The highest BCUT2D eigenvalue weighted by molar-refractivity contribution is 6.30. The molecular formula is C84H52N2O2. The third-order valence-electron chi connectivity index (χ3n) is 16.7. The predicted molar refractivity (Wildman–Crippen MR) is 371 cm³/mol. The monoisotopic (exact) mass is 1140 g/mol. The van der Waals surface area contributed by atoms with Crippen molar-refractivity contribution in [2.24, 2.45) is 0 Å². The second-order valence-electron chi connectivity index (χ2n) is 21.4. The molecule has 0 unspecified atom stereocenters. The van der Waals surface area contributed by atoms with Gasteiger partial charge in [-0.05, 0) is 114 Å². The molecule has 88 heavy (non-hydrogen) atoms. The highest BCUT2D eigenvalue weighted by atomic mass is 16.3. The van der Waals surface area contributed by atoms with E-state index >= 15 is 0 Å². The van der Waals surface area contributed by atoms with Crippen LogP contribution in [0.3, 0.4) is 0 Å². The van der Waals surface area contributed by atoms with Crippen molar-refractivity contribution in [1.82, 2.24) is 0 Å². The molecule has 0 saturated carbocycles. The van der Waals surface area contributed by atoms with Crippen molar-refractivity contribution in [2.75, 3.05) is 9.80 Å². The molecule has 0 spiro atoms. The van der Waals surface area contributed by atoms with Gasteiger partial charge in [0.1, 0.15) is 11.2 Å². The van der Waals surface area contributed by atoms with E-state index in [9.17, 15) is 11.0 Å². The number of hydrogen-bond donors (Lipinski definition) is 0. The van der Waals surface area contributed by atoms with E-state index in [-0.39, 0.29) is 90.3 Å². The van der Waals surface area contributed by atoms with E-state index < -0.39 is 121 Å². The van der Waals surface area contributed by atoms with Crippen LogP contribution in [0.5, 0.6) is 0 Å². The largest absolute Gasteiger partial charge is 0.454 e. The van der Waals surface area contributed by atoms with Gasteiger partial charge in [-0.1, -0.05) is 266 Å². The van der Waals surface area contributed by atoms with E-state index in [1.54, 1.807) is 97.1 Å². The van der Waals surface area contributed by atoms with Crippen LogP contribution in [0.2, 0.25) is 0 Å². The minimum Gasteiger partial charge on any atom is -0.454 e. The summed E-state index contributed by atoms with van der Waals surface area (Å²) < 4.78 is 214. The van der Waals surface area contributed by atoms with Crippen LogP contribution < -0.4 is 9.80 Å². The Labute approximate surface area is 538 Å². The fourth-order valence-corrected chi connectivity index (χ4v) is 12.9. The van der Waals surface area contributed by atoms with Crippen LogP contribution in [0.1, 0.15) is 30.2 Å². The molecule has 2 heterocycles. The summed E-state index contributed by atoms with van der Waals surface area (Å²) in [7, 11) is 0. The number of rotatable bonds is 10. The maximum atomic E-state index is 9.70. The summed E-state index contributed by atoms with van der Waals surface area (Å²) >= 11 is 0. The second kappa shape index (κ2) is 20.0. The normalized spacial score (nSPS) is 15.4. The number of benzene rings is 16. The maximum absolute atomic E-state index is 9.70. The highest BCUT2D eigenvalue weighted by Crippen LogP contribution is 2.55. The maximum Gasteiger partial charge on any atom is 0.159 e. The van der Waals surface area contributed by atoms with E-state index in [0.717, 1.165) is 0 Å². The third kappa shape index (κ3) is 7.79. The number of hydrogen-bond acceptors (Lipinski definition) is 4. The first-order valence-electron chi connectivity index (χ1n) is 39.3.